The SMILES string of the molecule is c1ccc(-n2c3ccccc3c3c(-c4ccc(N(c5ccc(-c6cccc7c6sc6ccccc67)cc5)c5ccc6ccc7ccccc7c6c5)cc4)cccc32)cc1. The van der Waals surface area contributed by atoms with E-state index in [0.717, 1.165) is 22.7 Å². The van der Waals surface area contributed by atoms with Crippen LogP contribution in [0.1, 0.15) is 0 Å². The van der Waals surface area contributed by atoms with Crippen LogP contribution in [0, 0.1) is 0 Å². The third-order valence-electron chi connectivity index (χ3n) is 12.0. The van der Waals surface area contributed by atoms with Crippen molar-refractivity contribution >= 4 is 91.9 Å². The first-order chi connectivity index (χ1) is 29.3. The fraction of sp³-hybridized carbons (Fsp3) is 0. The van der Waals surface area contributed by atoms with Gasteiger partial charge >= 0.3 is 0 Å². The number of nitrogens with zero attached hydrogens (tertiary/aromatic N) is 2. The molecule has 276 valence electrons. The summed E-state index contributed by atoms with van der Waals surface area (Å²) in [6.07, 6.45) is 0. The summed E-state index contributed by atoms with van der Waals surface area (Å²) in [6.45, 7) is 0. The average molecular weight is 769 g/mol. The van der Waals surface area contributed by atoms with Gasteiger partial charge in [-0.3, -0.25) is 0 Å². The van der Waals surface area contributed by atoms with Crippen LogP contribution in [0.3, 0.4) is 0 Å². The first kappa shape index (κ1) is 33.7. The maximum Gasteiger partial charge on any atom is 0.0547 e. The summed E-state index contributed by atoms with van der Waals surface area (Å²) >= 11 is 1.88. The Balaban J connectivity index is 1.00. The molecule has 3 heteroatoms. The van der Waals surface area contributed by atoms with E-state index in [2.05, 4.69) is 228 Å². The van der Waals surface area contributed by atoms with Gasteiger partial charge in [-0.15, -0.1) is 11.3 Å². The molecule has 0 bridgehead atoms. The van der Waals surface area contributed by atoms with Crippen LogP contribution in [-0.4, -0.2) is 4.57 Å². The topological polar surface area (TPSA) is 8.17 Å². The molecule has 0 N–H and O–H groups in total. The van der Waals surface area contributed by atoms with E-state index in [4.69, 9.17) is 0 Å². The van der Waals surface area contributed by atoms with Crippen LogP contribution in [0.25, 0.3) is 91.5 Å². The molecule has 0 unspecified atom stereocenters. The summed E-state index contributed by atoms with van der Waals surface area (Å²) in [6, 6.07) is 79.9. The molecule has 0 spiro atoms. The molecule has 0 aliphatic heterocycles. The maximum absolute atomic E-state index is 2.40. The fourth-order valence-electron chi connectivity index (χ4n) is 9.25. The van der Waals surface area contributed by atoms with Crippen molar-refractivity contribution in [2.75, 3.05) is 4.90 Å². The fourth-order valence-corrected chi connectivity index (χ4v) is 10.5. The molecule has 12 aromatic rings. The van der Waals surface area contributed by atoms with E-state index in [0.29, 0.717) is 0 Å². The zero-order valence-electron chi connectivity index (χ0n) is 32.1. The van der Waals surface area contributed by atoms with Crippen LogP contribution in [0.2, 0.25) is 0 Å². The Kier molecular flexibility index (Phi) is 7.75. The standard InChI is InChI=1S/C56H36N2S/c1-2-13-41(14-3-1)58-52-21-8-6-17-50(52)55-46(18-11-22-53(55)58)38-26-31-42(32-27-38)57(44-35-30-40-25-24-37-12-4-5-15-45(37)51(40)36-44)43-33-28-39(29-34-43)47-19-10-20-49-48-16-7-9-23-54(48)59-56(47)49/h1-36H. The number of para-hydroxylation sites is 2. The Morgan fingerprint density at radius 1 is 0.356 bits per heavy atom. The molecule has 0 amide bonds. The Hall–Kier alpha value is -7.46. The van der Waals surface area contributed by atoms with E-state index in [1.807, 2.05) is 11.3 Å². The van der Waals surface area contributed by atoms with Gasteiger partial charge in [-0.05, 0) is 111 Å². The van der Waals surface area contributed by atoms with Crippen molar-refractivity contribution in [3.63, 3.8) is 0 Å². The maximum atomic E-state index is 2.40. The molecule has 2 aromatic heterocycles. The number of aromatic nitrogens is 1. The van der Waals surface area contributed by atoms with E-state index in [-0.39, 0.29) is 0 Å². The summed E-state index contributed by atoms with van der Waals surface area (Å²) in [5.74, 6) is 0. The number of anilines is 3. The number of benzene rings is 10. The van der Waals surface area contributed by atoms with E-state index in [1.54, 1.807) is 0 Å². The minimum absolute atomic E-state index is 1.10. The highest BCUT2D eigenvalue weighted by atomic mass is 32.1. The number of hydrogen-bond donors (Lipinski definition) is 0. The molecule has 12 rings (SSSR count). The van der Waals surface area contributed by atoms with Crippen molar-refractivity contribution < 1.29 is 0 Å². The lowest BCUT2D eigenvalue weighted by molar-refractivity contribution is 1.18. The number of rotatable bonds is 6. The van der Waals surface area contributed by atoms with Gasteiger partial charge in [0.25, 0.3) is 0 Å². The highest BCUT2D eigenvalue weighted by Crippen LogP contribution is 2.44. The summed E-state index contributed by atoms with van der Waals surface area (Å²) < 4.78 is 5.04. The van der Waals surface area contributed by atoms with E-state index in [1.165, 1.54) is 85.8 Å². The highest BCUT2D eigenvalue weighted by molar-refractivity contribution is 7.26. The quantitative estimate of drug-likeness (QED) is 0.153. The first-order valence-corrected chi connectivity index (χ1v) is 21.0. The largest absolute Gasteiger partial charge is 0.310 e. The predicted molar refractivity (Wildman–Crippen MR) is 254 cm³/mol. The van der Waals surface area contributed by atoms with Gasteiger partial charge in [0.2, 0.25) is 0 Å². The van der Waals surface area contributed by atoms with Gasteiger partial charge in [0, 0.05) is 53.7 Å². The number of hydrogen-bond acceptors (Lipinski definition) is 2. The van der Waals surface area contributed by atoms with Gasteiger partial charge in [-0.2, -0.15) is 0 Å². The van der Waals surface area contributed by atoms with Crippen LogP contribution < -0.4 is 4.90 Å². The van der Waals surface area contributed by atoms with Crippen LogP contribution in [0.15, 0.2) is 218 Å². The van der Waals surface area contributed by atoms with Crippen molar-refractivity contribution in [1.29, 1.82) is 0 Å². The molecule has 0 aliphatic rings. The Labute approximate surface area is 346 Å². The minimum atomic E-state index is 1.10. The molecule has 2 nitrogen and oxygen atoms in total. The predicted octanol–water partition coefficient (Wildman–Crippen LogP) is 16.3. The lowest BCUT2D eigenvalue weighted by Crippen LogP contribution is -2.10. The molecule has 59 heavy (non-hydrogen) atoms. The lowest BCUT2D eigenvalue weighted by atomic mass is 9.98. The van der Waals surface area contributed by atoms with Gasteiger partial charge in [-0.25, -0.2) is 0 Å². The summed E-state index contributed by atoms with van der Waals surface area (Å²) in [7, 11) is 0. The van der Waals surface area contributed by atoms with Crippen LogP contribution in [-0.2, 0) is 0 Å². The van der Waals surface area contributed by atoms with Gasteiger partial charge in [0.1, 0.15) is 0 Å². The Morgan fingerprint density at radius 3 is 1.71 bits per heavy atom. The summed E-state index contributed by atoms with van der Waals surface area (Å²) in [4.78, 5) is 2.40. The van der Waals surface area contributed by atoms with Crippen LogP contribution >= 0.6 is 11.3 Å². The van der Waals surface area contributed by atoms with Crippen molar-refractivity contribution in [1.82, 2.24) is 4.57 Å². The van der Waals surface area contributed by atoms with Crippen molar-refractivity contribution in [3.8, 4) is 27.9 Å². The zero-order chi connectivity index (χ0) is 38.9. The van der Waals surface area contributed by atoms with Gasteiger partial charge in [0.05, 0.1) is 11.0 Å². The molecule has 0 radical (unpaired) electrons. The molecule has 0 saturated carbocycles. The van der Waals surface area contributed by atoms with E-state index < -0.39 is 0 Å². The first-order valence-electron chi connectivity index (χ1n) is 20.2. The lowest BCUT2D eigenvalue weighted by Gasteiger charge is -2.26. The molecule has 0 saturated heterocycles. The van der Waals surface area contributed by atoms with Gasteiger partial charge in [0.15, 0.2) is 0 Å². The van der Waals surface area contributed by atoms with Crippen molar-refractivity contribution in [2.24, 2.45) is 0 Å². The number of thiophene rings is 1. The molecule has 0 atom stereocenters. The van der Waals surface area contributed by atoms with Crippen LogP contribution in [0.4, 0.5) is 17.1 Å². The number of fused-ring (bicyclic) bond motifs is 9. The molecular formula is C56H36N2S. The zero-order valence-corrected chi connectivity index (χ0v) is 32.9. The third kappa shape index (κ3) is 5.47. The van der Waals surface area contributed by atoms with Gasteiger partial charge in [-0.1, -0.05) is 152 Å². The molecule has 0 aliphatic carbocycles. The van der Waals surface area contributed by atoms with Crippen molar-refractivity contribution in [2.45, 2.75) is 0 Å². The molecule has 0 fully saturated rings. The van der Waals surface area contributed by atoms with Crippen molar-refractivity contribution in [3.05, 3.63) is 218 Å². The minimum Gasteiger partial charge on any atom is -0.310 e. The second-order valence-corrected chi connectivity index (χ2v) is 16.3. The van der Waals surface area contributed by atoms with Crippen LogP contribution in [0.5, 0.6) is 0 Å². The second kappa shape index (κ2) is 13.6. The smallest absolute Gasteiger partial charge is 0.0547 e. The summed E-state index contributed by atoms with van der Waals surface area (Å²) in [5, 5.41) is 10.1. The Morgan fingerprint density at radius 2 is 0.915 bits per heavy atom. The van der Waals surface area contributed by atoms with Gasteiger partial charge < -0.3 is 9.47 Å². The van der Waals surface area contributed by atoms with E-state index >= 15 is 0 Å². The highest BCUT2D eigenvalue weighted by Gasteiger charge is 2.19. The normalized spacial score (nSPS) is 11.7. The summed E-state index contributed by atoms with van der Waals surface area (Å²) in [5.41, 5.74) is 11.8. The monoisotopic (exact) mass is 768 g/mol. The average Bonchev–Trinajstić information content (AvgIpc) is 3.86. The third-order valence-corrected chi connectivity index (χ3v) is 13.2. The molecule has 2 heterocycles. The molecular weight excluding hydrogens is 733 g/mol. The molecule has 10 aromatic carbocycles. The Bertz CT molecular complexity index is 3540. The van der Waals surface area contributed by atoms with E-state index in [9.17, 15) is 0 Å². The second-order valence-electron chi connectivity index (χ2n) is 15.3.